The average Bonchev–Trinajstić information content (AvgIpc) is 2.40. The molecular weight excluding hydrogens is 192 g/mol. The smallest absolute Gasteiger partial charge is 0.255 e. The molecule has 80 valence electrons. The van der Waals surface area contributed by atoms with Crippen molar-refractivity contribution in [2.24, 2.45) is 5.73 Å². The van der Waals surface area contributed by atoms with Crippen LogP contribution in [0.25, 0.3) is 0 Å². The number of carbonyl (C=O) groups is 1. The van der Waals surface area contributed by atoms with Crippen LogP contribution in [0.1, 0.15) is 28.9 Å². The molecule has 0 saturated heterocycles. The number of hydrogen-bond acceptors (Lipinski definition) is 3. The maximum Gasteiger partial charge on any atom is 0.255 e. The second-order valence-corrected chi connectivity index (χ2v) is 3.65. The Balaban J connectivity index is 2.44. The molecule has 1 atom stereocenters. The Labute approximate surface area is 88.4 Å². The lowest BCUT2D eigenvalue weighted by molar-refractivity contribution is 0.0957. The number of fused-ring (bicyclic) bond motifs is 1. The van der Waals surface area contributed by atoms with Gasteiger partial charge >= 0.3 is 0 Å². The summed E-state index contributed by atoms with van der Waals surface area (Å²) < 4.78 is 5.43. The number of amides is 1. The number of benzene rings is 1. The highest BCUT2D eigenvalue weighted by molar-refractivity contribution is 5.97. The fourth-order valence-electron chi connectivity index (χ4n) is 1.55. The van der Waals surface area contributed by atoms with Crippen LogP contribution in [0.5, 0.6) is 5.75 Å². The van der Waals surface area contributed by atoms with Crippen LogP contribution in [0, 0.1) is 0 Å². The molecule has 4 heteroatoms. The predicted octanol–water partition coefficient (Wildman–Crippen LogP) is 0.829. The molecule has 3 N–H and O–H groups in total. The fraction of sp³-hybridized carbons (Fsp3) is 0.364. The van der Waals surface area contributed by atoms with Crippen LogP contribution in [0.15, 0.2) is 18.2 Å². The first kappa shape index (κ1) is 9.98. The van der Waals surface area contributed by atoms with E-state index >= 15 is 0 Å². The molecule has 1 amide bonds. The molecule has 15 heavy (non-hydrogen) atoms. The van der Waals surface area contributed by atoms with Gasteiger partial charge in [-0.2, -0.15) is 0 Å². The van der Waals surface area contributed by atoms with Gasteiger partial charge < -0.3 is 15.8 Å². The van der Waals surface area contributed by atoms with Gasteiger partial charge in [-0.1, -0.05) is 6.07 Å². The molecule has 0 radical (unpaired) electrons. The van der Waals surface area contributed by atoms with Gasteiger partial charge in [-0.15, -0.1) is 0 Å². The van der Waals surface area contributed by atoms with Crippen LogP contribution in [0.2, 0.25) is 0 Å². The van der Waals surface area contributed by atoms with Gasteiger partial charge in [0.15, 0.2) is 0 Å². The largest absolute Gasteiger partial charge is 0.491 e. The summed E-state index contributed by atoms with van der Waals surface area (Å²) in [6.45, 7) is 2.94. The van der Waals surface area contributed by atoms with Crippen molar-refractivity contribution in [1.82, 2.24) is 5.32 Å². The summed E-state index contributed by atoms with van der Waals surface area (Å²) in [6.07, 6.45) is 0. The van der Waals surface area contributed by atoms with Gasteiger partial charge in [0.2, 0.25) is 0 Å². The first-order chi connectivity index (χ1) is 7.18. The highest BCUT2D eigenvalue weighted by Crippen LogP contribution is 2.23. The fourth-order valence-corrected chi connectivity index (χ4v) is 1.55. The standard InChI is InChI=1S/C11H14N2O2/c1-7(12)8-2-3-10-9(6-8)11(14)13-4-5-15-10/h2-3,6-7H,4-5,12H2,1H3,(H,13,14)/t7-/m0/s1. The number of carbonyl (C=O) groups excluding carboxylic acids is 1. The lowest BCUT2D eigenvalue weighted by Gasteiger charge is -2.10. The molecule has 0 bridgehead atoms. The summed E-state index contributed by atoms with van der Waals surface area (Å²) in [5.74, 6) is 0.541. The van der Waals surface area contributed by atoms with E-state index in [1.165, 1.54) is 0 Å². The first-order valence-corrected chi connectivity index (χ1v) is 4.99. The summed E-state index contributed by atoms with van der Waals surface area (Å²) >= 11 is 0. The van der Waals surface area contributed by atoms with Gasteiger partial charge in [0.25, 0.3) is 5.91 Å². The molecule has 0 spiro atoms. The molecule has 1 aromatic carbocycles. The molecule has 0 aromatic heterocycles. The molecule has 1 heterocycles. The molecule has 0 aliphatic carbocycles. The number of nitrogens with one attached hydrogen (secondary N) is 1. The maximum absolute atomic E-state index is 11.6. The van der Waals surface area contributed by atoms with Crippen molar-refractivity contribution in [2.75, 3.05) is 13.2 Å². The summed E-state index contributed by atoms with van der Waals surface area (Å²) in [5, 5.41) is 2.76. The molecule has 1 aromatic rings. The number of nitrogens with two attached hydrogens (primary N) is 1. The van der Waals surface area contributed by atoms with E-state index < -0.39 is 0 Å². The predicted molar refractivity (Wildman–Crippen MR) is 56.9 cm³/mol. The van der Waals surface area contributed by atoms with Crippen molar-refractivity contribution >= 4 is 5.91 Å². The highest BCUT2D eigenvalue weighted by atomic mass is 16.5. The van der Waals surface area contributed by atoms with Gasteiger partial charge in [0.05, 0.1) is 12.1 Å². The van der Waals surface area contributed by atoms with Crippen molar-refractivity contribution in [3.8, 4) is 5.75 Å². The van der Waals surface area contributed by atoms with E-state index in [2.05, 4.69) is 5.32 Å². The Bertz CT molecular complexity index is 388. The Morgan fingerprint density at radius 1 is 1.53 bits per heavy atom. The third kappa shape index (κ3) is 1.94. The summed E-state index contributed by atoms with van der Waals surface area (Å²) in [6, 6.07) is 5.41. The van der Waals surface area contributed by atoms with Crippen molar-refractivity contribution < 1.29 is 9.53 Å². The van der Waals surface area contributed by atoms with Crippen LogP contribution in [0.3, 0.4) is 0 Å². The molecule has 1 aliphatic heterocycles. The third-order valence-electron chi connectivity index (χ3n) is 2.42. The van der Waals surface area contributed by atoms with E-state index in [4.69, 9.17) is 10.5 Å². The van der Waals surface area contributed by atoms with E-state index in [0.29, 0.717) is 24.5 Å². The van der Waals surface area contributed by atoms with Gasteiger partial charge in [-0.3, -0.25) is 4.79 Å². The zero-order valence-electron chi connectivity index (χ0n) is 8.62. The van der Waals surface area contributed by atoms with Gasteiger partial charge in [-0.05, 0) is 24.6 Å². The Kier molecular flexibility index (Phi) is 2.60. The van der Waals surface area contributed by atoms with Gasteiger partial charge in [-0.25, -0.2) is 0 Å². The van der Waals surface area contributed by atoms with Crippen LogP contribution < -0.4 is 15.8 Å². The molecule has 0 saturated carbocycles. The van der Waals surface area contributed by atoms with Crippen LogP contribution in [-0.4, -0.2) is 19.1 Å². The quantitative estimate of drug-likeness (QED) is 0.715. The molecular formula is C11H14N2O2. The summed E-state index contributed by atoms with van der Waals surface area (Å²) in [5.41, 5.74) is 7.27. The molecule has 0 fully saturated rings. The van der Waals surface area contributed by atoms with Crippen LogP contribution in [-0.2, 0) is 0 Å². The summed E-state index contributed by atoms with van der Waals surface area (Å²) in [7, 11) is 0. The zero-order valence-corrected chi connectivity index (χ0v) is 8.62. The Morgan fingerprint density at radius 2 is 2.33 bits per heavy atom. The Hall–Kier alpha value is -1.55. The second kappa shape index (κ2) is 3.90. The molecule has 4 nitrogen and oxygen atoms in total. The van der Waals surface area contributed by atoms with Crippen LogP contribution >= 0.6 is 0 Å². The highest BCUT2D eigenvalue weighted by Gasteiger charge is 2.17. The lowest BCUT2D eigenvalue weighted by Crippen LogP contribution is -2.24. The Morgan fingerprint density at radius 3 is 3.07 bits per heavy atom. The minimum absolute atomic E-state index is 0.0775. The normalized spacial score (nSPS) is 17.1. The monoisotopic (exact) mass is 206 g/mol. The van der Waals surface area contributed by atoms with E-state index in [0.717, 1.165) is 5.56 Å². The van der Waals surface area contributed by atoms with Gasteiger partial charge in [0, 0.05) is 6.04 Å². The number of hydrogen-bond donors (Lipinski definition) is 2. The van der Waals surface area contributed by atoms with E-state index in [1.54, 1.807) is 12.1 Å². The van der Waals surface area contributed by atoms with E-state index in [-0.39, 0.29) is 11.9 Å². The molecule has 2 rings (SSSR count). The lowest BCUT2D eigenvalue weighted by atomic mass is 10.0. The number of rotatable bonds is 1. The maximum atomic E-state index is 11.6. The van der Waals surface area contributed by atoms with Crippen molar-refractivity contribution in [2.45, 2.75) is 13.0 Å². The summed E-state index contributed by atoms with van der Waals surface area (Å²) in [4.78, 5) is 11.6. The van der Waals surface area contributed by atoms with E-state index in [1.807, 2.05) is 13.0 Å². The van der Waals surface area contributed by atoms with Crippen molar-refractivity contribution in [1.29, 1.82) is 0 Å². The molecule has 1 aliphatic rings. The van der Waals surface area contributed by atoms with Crippen molar-refractivity contribution in [3.05, 3.63) is 29.3 Å². The minimum atomic E-state index is -0.0926. The number of ether oxygens (including phenoxy) is 1. The SMILES string of the molecule is C[C@H](N)c1ccc2c(c1)C(=O)NCCO2. The van der Waals surface area contributed by atoms with Gasteiger partial charge in [0.1, 0.15) is 12.4 Å². The van der Waals surface area contributed by atoms with Crippen molar-refractivity contribution in [3.63, 3.8) is 0 Å². The second-order valence-electron chi connectivity index (χ2n) is 3.65. The average molecular weight is 206 g/mol. The zero-order chi connectivity index (χ0) is 10.8. The topological polar surface area (TPSA) is 64.4 Å². The first-order valence-electron chi connectivity index (χ1n) is 4.99. The minimum Gasteiger partial charge on any atom is -0.491 e. The van der Waals surface area contributed by atoms with Crippen LogP contribution in [0.4, 0.5) is 0 Å². The molecule has 0 unspecified atom stereocenters. The third-order valence-corrected chi connectivity index (χ3v) is 2.42. The van der Waals surface area contributed by atoms with E-state index in [9.17, 15) is 4.79 Å².